The minimum absolute atomic E-state index is 0.0410. The normalized spacial score (nSPS) is 18.9. The van der Waals surface area contributed by atoms with E-state index in [2.05, 4.69) is 10.6 Å². The van der Waals surface area contributed by atoms with Gasteiger partial charge in [-0.1, -0.05) is 0 Å². The number of amides is 3. The summed E-state index contributed by atoms with van der Waals surface area (Å²) in [6.07, 6.45) is 2.53. The van der Waals surface area contributed by atoms with E-state index >= 15 is 0 Å². The van der Waals surface area contributed by atoms with Crippen molar-refractivity contribution >= 4 is 22.0 Å². The fourth-order valence-corrected chi connectivity index (χ4v) is 3.34. The van der Waals surface area contributed by atoms with Crippen LogP contribution in [0.2, 0.25) is 0 Å². The van der Waals surface area contributed by atoms with Crippen LogP contribution >= 0.6 is 0 Å². The van der Waals surface area contributed by atoms with E-state index in [0.29, 0.717) is 25.9 Å². The Morgan fingerprint density at radius 2 is 1.70 bits per heavy atom. The van der Waals surface area contributed by atoms with Crippen molar-refractivity contribution in [3.63, 3.8) is 0 Å². The van der Waals surface area contributed by atoms with E-state index in [9.17, 15) is 18.0 Å². The first-order chi connectivity index (χ1) is 10.5. The number of nitrogens with zero attached hydrogens (tertiary/aromatic N) is 2. The summed E-state index contributed by atoms with van der Waals surface area (Å²) in [7, 11) is -1.62. The van der Waals surface area contributed by atoms with E-state index in [4.69, 9.17) is 0 Å². The SMILES string of the molecule is CC(C)NC(=O)NC(=O)C(C)N1CCC(N(C)S(C)(=O)=O)CC1. The van der Waals surface area contributed by atoms with E-state index in [1.165, 1.54) is 10.6 Å². The molecule has 1 rings (SSSR count). The van der Waals surface area contributed by atoms with Crippen molar-refractivity contribution in [2.75, 3.05) is 26.4 Å². The molecule has 1 fully saturated rings. The zero-order valence-electron chi connectivity index (χ0n) is 14.5. The number of carbonyl (C=O) groups is 2. The van der Waals surface area contributed by atoms with Crippen molar-refractivity contribution in [3.8, 4) is 0 Å². The molecule has 1 heterocycles. The predicted molar refractivity (Wildman–Crippen MR) is 88.5 cm³/mol. The highest BCUT2D eigenvalue weighted by Gasteiger charge is 2.31. The van der Waals surface area contributed by atoms with Crippen LogP contribution in [-0.2, 0) is 14.8 Å². The van der Waals surface area contributed by atoms with Gasteiger partial charge in [0.05, 0.1) is 12.3 Å². The van der Waals surface area contributed by atoms with E-state index in [1.807, 2.05) is 18.7 Å². The Balaban J connectivity index is 2.50. The van der Waals surface area contributed by atoms with Gasteiger partial charge in [0.1, 0.15) is 0 Å². The maximum Gasteiger partial charge on any atom is 0.321 e. The second-order valence-corrected chi connectivity index (χ2v) is 8.38. The highest BCUT2D eigenvalue weighted by Crippen LogP contribution is 2.19. The molecule has 0 aromatic rings. The molecule has 0 bridgehead atoms. The number of hydrogen-bond donors (Lipinski definition) is 2. The van der Waals surface area contributed by atoms with Gasteiger partial charge in [-0.15, -0.1) is 0 Å². The quantitative estimate of drug-likeness (QED) is 0.727. The van der Waals surface area contributed by atoms with E-state index in [-0.39, 0.29) is 18.0 Å². The number of nitrogens with one attached hydrogen (secondary N) is 2. The van der Waals surface area contributed by atoms with Crippen molar-refractivity contribution in [2.24, 2.45) is 0 Å². The molecule has 8 nitrogen and oxygen atoms in total. The Kier molecular flexibility index (Phi) is 6.97. The van der Waals surface area contributed by atoms with Crippen LogP contribution in [0.3, 0.4) is 0 Å². The summed E-state index contributed by atoms with van der Waals surface area (Å²) in [6.45, 7) is 6.61. The third-order valence-electron chi connectivity index (χ3n) is 4.12. The molecular formula is C14H28N4O4S. The molecule has 1 unspecified atom stereocenters. The van der Waals surface area contributed by atoms with Crippen molar-refractivity contribution < 1.29 is 18.0 Å². The average molecular weight is 348 g/mol. The van der Waals surface area contributed by atoms with Crippen LogP contribution in [-0.4, -0.2) is 74.1 Å². The maximum absolute atomic E-state index is 12.1. The Bertz CT molecular complexity index is 527. The highest BCUT2D eigenvalue weighted by atomic mass is 32.2. The first-order valence-electron chi connectivity index (χ1n) is 7.80. The molecule has 0 aromatic heterocycles. The molecule has 2 N–H and O–H groups in total. The number of likely N-dealkylation sites (tertiary alicyclic amines) is 1. The smallest absolute Gasteiger partial charge is 0.321 e. The molecule has 1 aliphatic heterocycles. The number of urea groups is 1. The molecule has 23 heavy (non-hydrogen) atoms. The molecule has 9 heteroatoms. The van der Waals surface area contributed by atoms with E-state index in [1.54, 1.807) is 14.0 Å². The molecule has 0 saturated carbocycles. The summed E-state index contributed by atoms with van der Waals surface area (Å²) >= 11 is 0. The lowest BCUT2D eigenvalue weighted by molar-refractivity contribution is -0.125. The fraction of sp³-hybridized carbons (Fsp3) is 0.857. The number of sulfonamides is 1. The molecule has 0 aromatic carbocycles. The molecule has 1 atom stereocenters. The first-order valence-corrected chi connectivity index (χ1v) is 9.65. The van der Waals surface area contributed by atoms with Gasteiger partial charge in [-0.05, 0) is 33.6 Å². The van der Waals surface area contributed by atoms with Gasteiger partial charge in [0.25, 0.3) is 0 Å². The Morgan fingerprint density at radius 1 is 1.17 bits per heavy atom. The average Bonchev–Trinajstić information content (AvgIpc) is 2.43. The second kappa shape index (κ2) is 8.07. The Labute approximate surface area is 138 Å². The van der Waals surface area contributed by atoms with Crippen molar-refractivity contribution in [3.05, 3.63) is 0 Å². The van der Waals surface area contributed by atoms with Crippen LogP contribution in [0, 0.1) is 0 Å². The molecule has 0 spiro atoms. The van der Waals surface area contributed by atoms with Gasteiger partial charge < -0.3 is 5.32 Å². The number of piperidine rings is 1. The molecule has 0 aliphatic carbocycles. The van der Waals surface area contributed by atoms with Crippen molar-refractivity contribution in [1.82, 2.24) is 19.8 Å². The summed E-state index contributed by atoms with van der Waals surface area (Å²) in [5, 5.41) is 4.94. The fourth-order valence-electron chi connectivity index (χ4n) is 2.59. The van der Waals surface area contributed by atoms with Gasteiger partial charge in [-0.25, -0.2) is 17.5 Å². The predicted octanol–water partition coefficient (Wildman–Crippen LogP) is -0.0351. The van der Waals surface area contributed by atoms with Crippen molar-refractivity contribution in [1.29, 1.82) is 0 Å². The summed E-state index contributed by atoms with van der Waals surface area (Å²) < 4.78 is 24.5. The van der Waals surface area contributed by atoms with Gasteiger partial charge in [0, 0.05) is 32.2 Å². The van der Waals surface area contributed by atoms with Crippen LogP contribution in [0.1, 0.15) is 33.6 Å². The second-order valence-electron chi connectivity index (χ2n) is 6.34. The monoisotopic (exact) mass is 348 g/mol. The third-order valence-corrected chi connectivity index (χ3v) is 5.46. The number of rotatable bonds is 5. The summed E-state index contributed by atoms with van der Waals surface area (Å²) in [6, 6.07) is -1.01. The summed E-state index contributed by atoms with van der Waals surface area (Å²) in [5.41, 5.74) is 0. The molecular weight excluding hydrogens is 320 g/mol. The number of imide groups is 1. The first kappa shape index (κ1) is 19.9. The summed E-state index contributed by atoms with van der Waals surface area (Å²) in [4.78, 5) is 25.6. The largest absolute Gasteiger partial charge is 0.336 e. The lowest BCUT2D eigenvalue weighted by Crippen LogP contribution is -2.54. The topological polar surface area (TPSA) is 98.8 Å². The van der Waals surface area contributed by atoms with Crippen LogP contribution < -0.4 is 10.6 Å². The maximum atomic E-state index is 12.1. The van der Waals surface area contributed by atoms with E-state index in [0.717, 1.165) is 0 Å². The Morgan fingerprint density at radius 3 is 2.13 bits per heavy atom. The molecule has 134 valence electrons. The van der Waals surface area contributed by atoms with Gasteiger partial charge in [0.2, 0.25) is 15.9 Å². The van der Waals surface area contributed by atoms with Crippen molar-refractivity contribution in [2.45, 2.75) is 51.7 Å². The molecule has 1 saturated heterocycles. The molecule has 0 radical (unpaired) electrons. The summed E-state index contributed by atoms with van der Waals surface area (Å²) in [5.74, 6) is -0.349. The zero-order chi connectivity index (χ0) is 17.8. The third kappa shape index (κ3) is 6.08. The minimum Gasteiger partial charge on any atom is -0.336 e. The van der Waals surface area contributed by atoms with Gasteiger partial charge in [-0.2, -0.15) is 0 Å². The molecule has 3 amide bonds. The lowest BCUT2D eigenvalue weighted by Gasteiger charge is -2.37. The molecule has 1 aliphatic rings. The van der Waals surface area contributed by atoms with Gasteiger partial charge >= 0.3 is 6.03 Å². The number of carbonyl (C=O) groups excluding carboxylic acids is 2. The van der Waals surface area contributed by atoms with Gasteiger partial charge in [-0.3, -0.25) is 15.0 Å². The lowest BCUT2D eigenvalue weighted by atomic mass is 10.0. The van der Waals surface area contributed by atoms with Crippen LogP contribution in [0.25, 0.3) is 0 Å². The Hall–Kier alpha value is -1.19. The van der Waals surface area contributed by atoms with Crippen LogP contribution in [0.4, 0.5) is 4.79 Å². The van der Waals surface area contributed by atoms with Gasteiger partial charge in [0.15, 0.2) is 0 Å². The highest BCUT2D eigenvalue weighted by molar-refractivity contribution is 7.88. The standard InChI is InChI=1S/C14H28N4O4S/c1-10(2)15-14(20)16-13(19)11(3)18-8-6-12(7-9-18)17(4)23(5,21)22/h10-12H,6-9H2,1-5H3,(H2,15,16,19,20). The minimum atomic E-state index is -3.20. The van der Waals surface area contributed by atoms with Crippen LogP contribution in [0.15, 0.2) is 0 Å². The van der Waals surface area contributed by atoms with Crippen LogP contribution in [0.5, 0.6) is 0 Å². The van der Waals surface area contributed by atoms with E-state index < -0.39 is 22.1 Å². The zero-order valence-corrected chi connectivity index (χ0v) is 15.3. The number of hydrogen-bond acceptors (Lipinski definition) is 5.